The van der Waals surface area contributed by atoms with Crippen LogP contribution in [0.1, 0.15) is 11.7 Å². The summed E-state index contributed by atoms with van der Waals surface area (Å²) in [5.41, 5.74) is -0.0612. The Labute approximate surface area is 75.3 Å². The molecule has 12 heavy (non-hydrogen) atoms. The van der Waals surface area contributed by atoms with Gasteiger partial charge in [0.2, 0.25) is 0 Å². The summed E-state index contributed by atoms with van der Waals surface area (Å²) in [4.78, 5) is 10.8. The van der Waals surface area contributed by atoms with Crippen molar-refractivity contribution < 1.29 is 15.3 Å². The molecule has 0 aliphatic carbocycles. The van der Waals surface area contributed by atoms with Crippen molar-refractivity contribution in [2.45, 2.75) is 0 Å². The van der Waals surface area contributed by atoms with Crippen molar-refractivity contribution in [2.75, 3.05) is 7.09 Å². The second-order valence-electron chi connectivity index (χ2n) is 2.06. The molecule has 0 fully saturated rings. The average molecular weight is 190 g/mol. The third-order valence-electron chi connectivity index (χ3n) is 1.31. The second kappa shape index (κ2) is 3.54. The average Bonchev–Trinajstić information content (AvgIpc) is 2.08. The monoisotopic (exact) mass is 189 g/mol. The number of halogens is 2. The van der Waals surface area contributed by atoms with Crippen LogP contribution >= 0.6 is 11.6 Å². The van der Waals surface area contributed by atoms with Crippen LogP contribution in [0.5, 0.6) is 5.75 Å². The van der Waals surface area contributed by atoms with Crippen molar-refractivity contribution in [3.05, 3.63) is 29.6 Å². The molecule has 0 amide bonds. The molecule has 0 aliphatic heterocycles. The van der Waals surface area contributed by atoms with Gasteiger partial charge in [-0.05, 0) is 29.8 Å². The Morgan fingerprint density at radius 3 is 3.08 bits per heavy atom. The van der Waals surface area contributed by atoms with Crippen LogP contribution in [0.4, 0.5) is 4.39 Å². The molecule has 0 atom stereocenters. The van der Waals surface area contributed by atoms with E-state index in [-0.39, 0.29) is 18.4 Å². The zero-order chi connectivity index (χ0) is 9.84. The van der Waals surface area contributed by atoms with Crippen molar-refractivity contribution in [1.29, 1.82) is 0 Å². The predicted molar refractivity (Wildman–Crippen MR) is 43.1 cm³/mol. The second-order valence-corrected chi connectivity index (χ2v) is 2.40. The van der Waals surface area contributed by atoms with Gasteiger partial charge >= 0.3 is 0 Å². The topological polar surface area (TPSA) is 26.3 Å². The molecule has 0 aliphatic rings. The van der Waals surface area contributed by atoms with Gasteiger partial charge in [0.1, 0.15) is 11.6 Å². The van der Waals surface area contributed by atoms with Crippen molar-refractivity contribution in [3.63, 3.8) is 0 Å². The van der Waals surface area contributed by atoms with Crippen molar-refractivity contribution in [1.82, 2.24) is 0 Å². The first-order valence-corrected chi connectivity index (χ1v) is 3.44. The van der Waals surface area contributed by atoms with Gasteiger partial charge in [-0.1, -0.05) is 0 Å². The molecule has 0 aromatic heterocycles. The smallest absolute Gasteiger partial charge is 0.256 e. The Balaban J connectivity index is 3.10. The summed E-state index contributed by atoms with van der Waals surface area (Å²) in [7, 11) is -0.344. The van der Waals surface area contributed by atoms with Crippen LogP contribution in [0.25, 0.3) is 0 Å². The van der Waals surface area contributed by atoms with Gasteiger partial charge in [0.15, 0.2) is 0 Å². The van der Waals surface area contributed by atoms with Crippen LogP contribution in [0.3, 0.4) is 0 Å². The number of carbonyl (C=O) groups excluding carboxylic acids is 1. The summed E-state index contributed by atoms with van der Waals surface area (Å²) in [6.07, 6.45) is 0. The Kier molecular flexibility index (Phi) is 2.23. The van der Waals surface area contributed by atoms with Crippen molar-refractivity contribution >= 4 is 16.8 Å². The highest BCUT2D eigenvalue weighted by Gasteiger charge is 2.09. The number of hydrogen-bond donors (Lipinski definition) is 0. The molecule has 1 aromatic carbocycles. The quantitative estimate of drug-likeness (QED) is 0.667. The zero-order valence-corrected chi connectivity index (χ0v) is 6.77. The number of benzene rings is 1. The van der Waals surface area contributed by atoms with Gasteiger partial charge in [0, 0.05) is 0 Å². The number of methoxy groups -OCH3 is 1. The third-order valence-corrected chi connectivity index (χ3v) is 1.51. The van der Waals surface area contributed by atoms with E-state index in [0.717, 1.165) is 12.1 Å². The van der Waals surface area contributed by atoms with E-state index in [2.05, 4.69) is 0 Å². The minimum atomic E-state index is -0.803. The molecule has 0 heterocycles. The first kappa shape index (κ1) is 7.55. The molecule has 0 radical (unpaired) electrons. The largest absolute Gasteiger partial charge is 0.496 e. The van der Waals surface area contributed by atoms with E-state index < -0.39 is 11.1 Å². The van der Waals surface area contributed by atoms with E-state index in [1.807, 2.05) is 0 Å². The summed E-state index contributed by atoms with van der Waals surface area (Å²) in [5.74, 6) is -0.447. The van der Waals surface area contributed by atoms with Crippen LogP contribution in [0.15, 0.2) is 18.2 Å². The minimum absolute atomic E-state index is 0.0612. The first-order valence-electron chi connectivity index (χ1n) is 3.77. The number of hydrogen-bond acceptors (Lipinski definition) is 2. The van der Waals surface area contributed by atoms with Crippen LogP contribution in [0, 0.1) is 5.82 Å². The molecule has 1 rings (SSSR count). The van der Waals surface area contributed by atoms with Gasteiger partial charge in [-0.2, -0.15) is 0 Å². The lowest BCUT2D eigenvalue weighted by molar-refractivity contribution is 0.107. The number of ether oxygens (including phenoxy) is 1. The molecule has 0 N–H and O–H groups in total. The maximum Gasteiger partial charge on any atom is 0.256 e. The molecule has 0 saturated carbocycles. The van der Waals surface area contributed by atoms with Gasteiger partial charge < -0.3 is 4.74 Å². The standard InChI is InChI=1S/C8H6ClFO2/c1-12-7-3-2-5(10)4-6(7)8(9)11/h2-4H,1H3/i1D. The lowest BCUT2D eigenvalue weighted by Gasteiger charge is -2.03. The van der Waals surface area contributed by atoms with Crippen molar-refractivity contribution in [2.24, 2.45) is 0 Å². The maximum absolute atomic E-state index is 12.6. The molecular weight excluding hydrogens is 183 g/mol. The Hall–Kier alpha value is -1.09. The SMILES string of the molecule is [2H]COc1ccc(F)cc1C(=O)Cl. The predicted octanol–water partition coefficient (Wildman–Crippen LogP) is 2.21. The summed E-state index contributed by atoms with van der Waals surface area (Å²) >= 11 is 5.17. The van der Waals surface area contributed by atoms with Gasteiger partial charge in [0.25, 0.3) is 5.24 Å². The first-order chi connectivity index (χ1) is 6.15. The summed E-state index contributed by atoms with van der Waals surface area (Å²) in [6, 6.07) is 3.37. The zero-order valence-electron chi connectivity index (χ0n) is 7.01. The highest BCUT2D eigenvalue weighted by Crippen LogP contribution is 2.20. The Morgan fingerprint density at radius 2 is 2.50 bits per heavy atom. The lowest BCUT2D eigenvalue weighted by Crippen LogP contribution is -1.95. The molecule has 2 nitrogen and oxygen atoms in total. The lowest BCUT2D eigenvalue weighted by atomic mass is 10.2. The molecule has 0 bridgehead atoms. The van der Waals surface area contributed by atoms with Gasteiger partial charge in [-0.15, -0.1) is 0 Å². The van der Waals surface area contributed by atoms with Crippen molar-refractivity contribution in [3.8, 4) is 5.75 Å². The number of rotatable bonds is 2. The van der Waals surface area contributed by atoms with Gasteiger partial charge in [0.05, 0.1) is 14.0 Å². The maximum atomic E-state index is 12.6. The number of carbonyl (C=O) groups is 1. The fourth-order valence-electron chi connectivity index (χ4n) is 0.782. The van der Waals surface area contributed by atoms with Crippen LogP contribution in [0.2, 0.25) is 0 Å². The van der Waals surface area contributed by atoms with E-state index in [1.54, 1.807) is 0 Å². The molecule has 1 aromatic rings. The summed E-state index contributed by atoms with van der Waals surface area (Å²) < 4.78 is 24.1. The van der Waals surface area contributed by atoms with Crippen LogP contribution in [-0.4, -0.2) is 12.3 Å². The highest BCUT2D eigenvalue weighted by molar-refractivity contribution is 6.68. The molecular formula is C8H6ClFO2. The Bertz CT molecular complexity index is 330. The molecule has 64 valence electrons. The van der Waals surface area contributed by atoms with Crippen LogP contribution in [-0.2, 0) is 0 Å². The third kappa shape index (κ3) is 1.74. The summed E-state index contributed by atoms with van der Waals surface area (Å²) in [6.45, 7) is 0. The minimum Gasteiger partial charge on any atom is -0.496 e. The van der Waals surface area contributed by atoms with Gasteiger partial charge in [-0.25, -0.2) is 4.39 Å². The fourth-order valence-corrected chi connectivity index (χ4v) is 0.929. The van der Waals surface area contributed by atoms with E-state index in [0.29, 0.717) is 0 Å². The fraction of sp³-hybridized carbons (Fsp3) is 0.125. The van der Waals surface area contributed by atoms with E-state index in [4.69, 9.17) is 17.7 Å². The summed E-state index contributed by atoms with van der Waals surface area (Å²) in [5, 5.41) is -0.803. The molecule has 0 spiro atoms. The van der Waals surface area contributed by atoms with E-state index in [9.17, 15) is 9.18 Å². The normalized spacial score (nSPS) is 10.7. The molecule has 4 heteroatoms. The van der Waals surface area contributed by atoms with Gasteiger partial charge in [-0.3, -0.25) is 4.79 Å². The van der Waals surface area contributed by atoms with E-state index in [1.165, 1.54) is 6.07 Å². The van der Waals surface area contributed by atoms with Crippen LogP contribution < -0.4 is 4.74 Å². The van der Waals surface area contributed by atoms with E-state index >= 15 is 0 Å². The highest BCUT2D eigenvalue weighted by atomic mass is 35.5. The molecule has 0 unspecified atom stereocenters. The Morgan fingerprint density at radius 1 is 1.75 bits per heavy atom. The molecule has 0 saturated heterocycles.